The van der Waals surface area contributed by atoms with E-state index in [0.29, 0.717) is 26.6 Å². The molecule has 24 heavy (non-hydrogen) atoms. The summed E-state index contributed by atoms with van der Waals surface area (Å²) in [6.07, 6.45) is 1.42. The first kappa shape index (κ1) is 16.7. The lowest BCUT2D eigenvalue weighted by molar-refractivity contribution is 0.0970. The lowest BCUT2D eigenvalue weighted by Crippen LogP contribution is -2.24. The maximum atomic E-state index is 12.6. The van der Waals surface area contributed by atoms with Crippen LogP contribution in [-0.2, 0) is 6.54 Å². The minimum atomic E-state index is -0.215. The number of ether oxygens (including phenoxy) is 1. The van der Waals surface area contributed by atoms with Crippen molar-refractivity contribution in [3.05, 3.63) is 55.9 Å². The number of carbonyl (C=O) groups excluding carboxylic acids is 1. The van der Waals surface area contributed by atoms with Crippen molar-refractivity contribution in [2.24, 2.45) is 0 Å². The van der Waals surface area contributed by atoms with Gasteiger partial charge in [0, 0.05) is 10.4 Å². The van der Waals surface area contributed by atoms with Crippen LogP contribution < -0.4 is 10.3 Å². The lowest BCUT2D eigenvalue weighted by atomic mass is 10.1. The molecule has 0 saturated heterocycles. The molecule has 0 atom stereocenters. The van der Waals surface area contributed by atoms with Crippen LogP contribution in [0.25, 0.3) is 10.2 Å². The Bertz CT molecular complexity index is 1010. The predicted molar refractivity (Wildman–Crippen MR) is 95.7 cm³/mol. The standard InChI is InChI=1S/C17H15ClN2O3S/c1-9-10(2)24-16-15(9)17(22)20(8-19-16)7-13(21)11-4-5-14(23-3)12(18)6-11/h4-6,8H,7H2,1-3H3. The molecule has 5 nitrogen and oxygen atoms in total. The number of halogens is 1. The number of Topliss-reactive ketones (excluding diaryl/α,β-unsaturated/α-hetero) is 1. The molecule has 0 bridgehead atoms. The molecular formula is C17H15ClN2O3S. The Labute approximate surface area is 147 Å². The molecule has 0 amide bonds. The van der Waals surface area contributed by atoms with Crippen LogP contribution >= 0.6 is 22.9 Å². The summed E-state index contributed by atoms with van der Waals surface area (Å²) in [5.74, 6) is 0.283. The summed E-state index contributed by atoms with van der Waals surface area (Å²) < 4.78 is 6.41. The first-order chi connectivity index (χ1) is 11.4. The van der Waals surface area contributed by atoms with Gasteiger partial charge in [0.15, 0.2) is 5.78 Å². The van der Waals surface area contributed by atoms with Gasteiger partial charge in [0.05, 0.1) is 30.4 Å². The number of aryl methyl sites for hydroxylation is 2. The van der Waals surface area contributed by atoms with E-state index in [1.165, 1.54) is 29.3 Å². The van der Waals surface area contributed by atoms with Crippen molar-refractivity contribution in [3.63, 3.8) is 0 Å². The molecule has 0 saturated carbocycles. The monoisotopic (exact) mass is 362 g/mol. The molecule has 0 aliphatic rings. The van der Waals surface area contributed by atoms with Crippen molar-refractivity contribution in [2.75, 3.05) is 7.11 Å². The van der Waals surface area contributed by atoms with Crippen LogP contribution in [0.4, 0.5) is 0 Å². The van der Waals surface area contributed by atoms with Gasteiger partial charge in [-0.3, -0.25) is 14.2 Å². The average Bonchev–Trinajstić information content (AvgIpc) is 2.85. The van der Waals surface area contributed by atoms with E-state index < -0.39 is 0 Å². The maximum Gasteiger partial charge on any atom is 0.262 e. The minimum absolute atomic E-state index is 0.0846. The van der Waals surface area contributed by atoms with E-state index in [4.69, 9.17) is 16.3 Å². The molecule has 0 N–H and O–H groups in total. The number of benzene rings is 1. The number of thiophene rings is 1. The second-order valence-electron chi connectivity index (χ2n) is 5.41. The van der Waals surface area contributed by atoms with Crippen LogP contribution in [0.5, 0.6) is 5.75 Å². The Morgan fingerprint density at radius 2 is 2.12 bits per heavy atom. The van der Waals surface area contributed by atoms with Crippen LogP contribution in [0.15, 0.2) is 29.3 Å². The zero-order valence-corrected chi connectivity index (χ0v) is 15.0. The Balaban J connectivity index is 1.96. The van der Waals surface area contributed by atoms with E-state index in [-0.39, 0.29) is 17.9 Å². The molecule has 0 unspecified atom stereocenters. The van der Waals surface area contributed by atoms with E-state index >= 15 is 0 Å². The van der Waals surface area contributed by atoms with E-state index in [9.17, 15) is 9.59 Å². The third-order valence-corrected chi connectivity index (χ3v) is 5.35. The van der Waals surface area contributed by atoms with Crippen molar-refractivity contribution in [2.45, 2.75) is 20.4 Å². The molecule has 0 radical (unpaired) electrons. The number of nitrogens with zero attached hydrogens (tertiary/aromatic N) is 2. The molecule has 1 aromatic carbocycles. The highest BCUT2D eigenvalue weighted by Crippen LogP contribution is 2.26. The van der Waals surface area contributed by atoms with E-state index in [1.54, 1.807) is 18.2 Å². The zero-order chi connectivity index (χ0) is 17.4. The number of methoxy groups -OCH3 is 1. The van der Waals surface area contributed by atoms with Gasteiger partial charge in [-0.2, -0.15) is 0 Å². The number of ketones is 1. The highest BCUT2D eigenvalue weighted by Gasteiger charge is 2.15. The van der Waals surface area contributed by atoms with Gasteiger partial charge in [0.1, 0.15) is 10.6 Å². The predicted octanol–water partition coefficient (Wildman–Crippen LogP) is 3.62. The van der Waals surface area contributed by atoms with Crippen LogP contribution in [-0.4, -0.2) is 22.4 Å². The minimum Gasteiger partial charge on any atom is -0.495 e. The smallest absolute Gasteiger partial charge is 0.262 e. The van der Waals surface area contributed by atoms with Crippen molar-refractivity contribution < 1.29 is 9.53 Å². The summed E-state index contributed by atoms with van der Waals surface area (Å²) in [6.45, 7) is 3.77. The van der Waals surface area contributed by atoms with E-state index in [1.807, 2.05) is 13.8 Å². The van der Waals surface area contributed by atoms with E-state index in [0.717, 1.165) is 10.4 Å². The van der Waals surface area contributed by atoms with Crippen LogP contribution in [0.1, 0.15) is 20.8 Å². The van der Waals surface area contributed by atoms with Gasteiger partial charge in [0.25, 0.3) is 5.56 Å². The largest absolute Gasteiger partial charge is 0.495 e. The number of carbonyl (C=O) groups is 1. The van der Waals surface area contributed by atoms with Crippen LogP contribution in [0, 0.1) is 13.8 Å². The first-order valence-corrected chi connectivity index (χ1v) is 8.43. The maximum absolute atomic E-state index is 12.6. The highest BCUT2D eigenvalue weighted by atomic mass is 35.5. The van der Waals surface area contributed by atoms with Crippen LogP contribution in [0.2, 0.25) is 5.02 Å². The van der Waals surface area contributed by atoms with Gasteiger partial charge in [-0.15, -0.1) is 11.3 Å². The molecule has 124 valence electrons. The third kappa shape index (κ3) is 2.83. The van der Waals surface area contributed by atoms with Crippen molar-refractivity contribution >= 4 is 38.9 Å². The summed E-state index contributed by atoms with van der Waals surface area (Å²) in [6, 6.07) is 4.80. The topological polar surface area (TPSA) is 61.2 Å². The van der Waals surface area contributed by atoms with Gasteiger partial charge in [-0.05, 0) is 37.6 Å². The third-order valence-electron chi connectivity index (χ3n) is 3.94. The summed E-state index contributed by atoms with van der Waals surface area (Å²) >= 11 is 7.53. The molecular weight excluding hydrogens is 348 g/mol. The first-order valence-electron chi connectivity index (χ1n) is 7.24. The molecule has 7 heteroatoms. The van der Waals surface area contributed by atoms with Gasteiger partial charge in [0.2, 0.25) is 0 Å². The Kier molecular flexibility index (Phi) is 4.43. The number of aromatic nitrogens is 2. The van der Waals surface area contributed by atoms with Gasteiger partial charge >= 0.3 is 0 Å². The molecule has 0 spiro atoms. The average molecular weight is 363 g/mol. The Morgan fingerprint density at radius 1 is 1.38 bits per heavy atom. The SMILES string of the molecule is COc1ccc(C(=O)Cn2cnc3sc(C)c(C)c3c2=O)cc1Cl. The summed E-state index contributed by atoms with van der Waals surface area (Å²) in [5, 5.41) is 0.939. The fraction of sp³-hybridized carbons (Fsp3) is 0.235. The molecule has 0 aliphatic carbocycles. The Hall–Kier alpha value is -2.18. The molecule has 3 aromatic rings. The summed E-state index contributed by atoms with van der Waals surface area (Å²) in [5.41, 5.74) is 1.14. The quantitative estimate of drug-likeness (QED) is 0.665. The Morgan fingerprint density at radius 3 is 2.79 bits per heavy atom. The summed E-state index contributed by atoms with van der Waals surface area (Å²) in [7, 11) is 1.51. The number of rotatable bonds is 4. The molecule has 0 fully saturated rings. The normalized spacial score (nSPS) is 11.0. The number of hydrogen-bond acceptors (Lipinski definition) is 5. The van der Waals surface area contributed by atoms with Gasteiger partial charge < -0.3 is 4.74 Å². The fourth-order valence-electron chi connectivity index (χ4n) is 2.47. The number of hydrogen-bond donors (Lipinski definition) is 0. The second-order valence-corrected chi connectivity index (χ2v) is 7.02. The van der Waals surface area contributed by atoms with E-state index in [2.05, 4.69) is 4.98 Å². The van der Waals surface area contributed by atoms with Gasteiger partial charge in [-0.25, -0.2) is 4.98 Å². The van der Waals surface area contributed by atoms with Crippen molar-refractivity contribution in [3.8, 4) is 5.75 Å². The molecule has 3 rings (SSSR count). The van der Waals surface area contributed by atoms with Crippen LogP contribution in [0.3, 0.4) is 0 Å². The molecule has 2 aromatic heterocycles. The zero-order valence-electron chi connectivity index (χ0n) is 13.4. The van der Waals surface area contributed by atoms with Crippen molar-refractivity contribution in [1.82, 2.24) is 9.55 Å². The molecule has 0 aliphatic heterocycles. The highest BCUT2D eigenvalue weighted by molar-refractivity contribution is 7.18. The summed E-state index contributed by atoms with van der Waals surface area (Å²) in [4.78, 5) is 31.1. The molecule has 2 heterocycles. The number of fused-ring (bicyclic) bond motifs is 1. The second kappa shape index (κ2) is 6.37. The van der Waals surface area contributed by atoms with Crippen molar-refractivity contribution in [1.29, 1.82) is 0 Å². The fourth-order valence-corrected chi connectivity index (χ4v) is 3.71. The van der Waals surface area contributed by atoms with Gasteiger partial charge in [-0.1, -0.05) is 11.6 Å². The lowest BCUT2D eigenvalue weighted by Gasteiger charge is -2.07.